The van der Waals surface area contributed by atoms with Crippen LogP contribution in [0.2, 0.25) is 0 Å². The summed E-state index contributed by atoms with van der Waals surface area (Å²) in [6.45, 7) is 12.2. The SMILES string of the molecule is CCCC(CC)(Pc1ccccc1C(F)(F)F)c1cc(C)cc(C(C)(C)C)c1O. The quantitative estimate of drug-likeness (QED) is 0.478. The lowest BCUT2D eigenvalue weighted by Gasteiger charge is -2.37. The van der Waals surface area contributed by atoms with Gasteiger partial charge in [-0.2, -0.15) is 13.2 Å². The average Bonchev–Trinajstić information content (AvgIpc) is 2.61. The summed E-state index contributed by atoms with van der Waals surface area (Å²) in [6, 6.07) is 9.79. The number of alkyl halides is 3. The molecule has 2 unspecified atom stereocenters. The first-order valence-corrected chi connectivity index (χ1v) is 11.1. The fraction of sp³-hybridized carbons (Fsp3) is 0.500. The van der Waals surface area contributed by atoms with E-state index in [2.05, 4.69) is 0 Å². The van der Waals surface area contributed by atoms with Crippen LogP contribution in [0.25, 0.3) is 0 Å². The molecule has 2 aromatic carbocycles. The van der Waals surface area contributed by atoms with Crippen LogP contribution in [0.5, 0.6) is 5.75 Å². The highest BCUT2D eigenvalue weighted by Crippen LogP contribution is 2.53. The summed E-state index contributed by atoms with van der Waals surface area (Å²) in [4.78, 5) is 0. The molecule has 0 aromatic heterocycles. The largest absolute Gasteiger partial charge is 0.507 e. The normalized spacial score (nSPS) is 15.1. The topological polar surface area (TPSA) is 20.2 Å². The fourth-order valence-corrected chi connectivity index (χ4v) is 5.89. The molecule has 0 saturated heterocycles. The first-order valence-electron chi connectivity index (χ1n) is 10.1. The van der Waals surface area contributed by atoms with Crippen LogP contribution in [0.3, 0.4) is 0 Å². The molecule has 1 N–H and O–H groups in total. The number of hydrogen-bond acceptors (Lipinski definition) is 1. The van der Waals surface area contributed by atoms with Gasteiger partial charge in [-0.3, -0.25) is 0 Å². The second-order valence-corrected chi connectivity index (χ2v) is 10.6. The third kappa shape index (κ3) is 5.15. The van der Waals surface area contributed by atoms with Gasteiger partial charge in [0.25, 0.3) is 0 Å². The minimum absolute atomic E-state index is 0.0850. The number of aromatic hydroxyl groups is 1. The van der Waals surface area contributed by atoms with Crippen molar-refractivity contribution in [3.63, 3.8) is 0 Å². The van der Waals surface area contributed by atoms with E-state index in [1.807, 2.05) is 53.7 Å². The highest BCUT2D eigenvalue weighted by Gasteiger charge is 2.39. The van der Waals surface area contributed by atoms with Crippen molar-refractivity contribution in [2.75, 3.05) is 0 Å². The van der Waals surface area contributed by atoms with Crippen LogP contribution < -0.4 is 5.30 Å². The van der Waals surface area contributed by atoms with Crippen LogP contribution in [0.1, 0.15) is 76.1 Å². The van der Waals surface area contributed by atoms with Gasteiger partial charge in [-0.05, 0) is 42.1 Å². The lowest BCUT2D eigenvalue weighted by Crippen LogP contribution is -2.27. The zero-order valence-electron chi connectivity index (χ0n) is 18.2. The second kappa shape index (κ2) is 8.68. The molecule has 160 valence electrons. The molecule has 0 aliphatic heterocycles. The molecule has 0 saturated carbocycles. The predicted molar refractivity (Wildman–Crippen MR) is 118 cm³/mol. The van der Waals surface area contributed by atoms with Crippen LogP contribution in [0.15, 0.2) is 36.4 Å². The maximum absolute atomic E-state index is 13.6. The van der Waals surface area contributed by atoms with E-state index in [4.69, 9.17) is 0 Å². The highest BCUT2D eigenvalue weighted by atomic mass is 31.1. The highest BCUT2D eigenvalue weighted by molar-refractivity contribution is 7.48. The van der Waals surface area contributed by atoms with Gasteiger partial charge >= 0.3 is 6.18 Å². The Hall–Kier alpha value is -1.54. The van der Waals surface area contributed by atoms with E-state index in [1.165, 1.54) is 6.07 Å². The summed E-state index contributed by atoms with van der Waals surface area (Å²) < 4.78 is 40.9. The van der Waals surface area contributed by atoms with Gasteiger partial charge in [0, 0.05) is 10.7 Å². The number of halogens is 3. The molecule has 2 aromatic rings. The molecule has 2 rings (SSSR count). The zero-order chi connectivity index (χ0) is 22.0. The zero-order valence-corrected chi connectivity index (χ0v) is 19.2. The average molecular weight is 424 g/mol. The van der Waals surface area contributed by atoms with Gasteiger partial charge < -0.3 is 5.11 Å². The van der Waals surface area contributed by atoms with E-state index in [0.717, 1.165) is 29.2 Å². The Labute approximate surface area is 174 Å². The molecule has 0 heterocycles. The van der Waals surface area contributed by atoms with Crippen LogP contribution in [0, 0.1) is 6.92 Å². The fourth-order valence-electron chi connectivity index (χ4n) is 3.96. The van der Waals surface area contributed by atoms with Crippen LogP contribution in [0.4, 0.5) is 13.2 Å². The van der Waals surface area contributed by atoms with Gasteiger partial charge in [0.15, 0.2) is 0 Å². The van der Waals surface area contributed by atoms with Gasteiger partial charge in [0.05, 0.1) is 5.56 Å². The molecule has 0 bridgehead atoms. The number of phenolic OH excluding ortho intramolecular Hbond substituents is 1. The number of hydrogen-bond donors (Lipinski definition) is 1. The molecule has 1 nitrogen and oxygen atoms in total. The van der Waals surface area contributed by atoms with Crippen molar-refractivity contribution in [2.45, 2.75) is 77.6 Å². The van der Waals surface area contributed by atoms with Crippen molar-refractivity contribution < 1.29 is 18.3 Å². The summed E-state index contributed by atoms with van der Waals surface area (Å²) in [5, 5.41) is 11.0. The third-order valence-corrected chi connectivity index (χ3v) is 7.52. The van der Waals surface area contributed by atoms with Gasteiger partial charge in [0.2, 0.25) is 0 Å². The van der Waals surface area contributed by atoms with Gasteiger partial charge in [-0.15, -0.1) is 0 Å². The van der Waals surface area contributed by atoms with Crippen LogP contribution >= 0.6 is 8.58 Å². The van der Waals surface area contributed by atoms with E-state index < -0.39 is 16.9 Å². The minimum Gasteiger partial charge on any atom is -0.507 e. The molecule has 0 spiro atoms. The van der Waals surface area contributed by atoms with Crippen LogP contribution in [-0.4, -0.2) is 5.11 Å². The molecule has 0 aliphatic rings. The van der Waals surface area contributed by atoms with Crippen molar-refractivity contribution in [3.8, 4) is 5.75 Å². The maximum Gasteiger partial charge on any atom is 0.417 e. The molecule has 0 radical (unpaired) electrons. The van der Waals surface area contributed by atoms with E-state index in [-0.39, 0.29) is 19.7 Å². The standard InChI is InChI=1S/C24H32F3OP/c1-7-13-23(8-2,29-20-12-10-9-11-17(20)24(25,26)27)19-15-16(3)14-18(21(19)28)22(4,5)6/h9-12,14-15,28-29H,7-8,13H2,1-6H3. The van der Waals surface area contributed by atoms with E-state index in [1.54, 1.807) is 12.1 Å². The Kier molecular flexibility index (Phi) is 7.10. The van der Waals surface area contributed by atoms with Gasteiger partial charge in [-0.25, -0.2) is 0 Å². The summed E-state index contributed by atoms with van der Waals surface area (Å²) >= 11 is 0. The molecule has 5 heteroatoms. The summed E-state index contributed by atoms with van der Waals surface area (Å²) in [5.74, 6) is 0.232. The van der Waals surface area contributed by atoms with Crippen molar-refractivity contribution >= 4 is 13.9 Å². The Bertz CT molecular complexity index is 852. The molecular weight excluding hydrogens is 392 g/mol. The third-order valence-electron chi connectivity index (χ3n) is 5.46. The first kappa shape index (κ1) is 23.7. The predicted octanol–water partition coefficient (Wildman–Crippen LogP) is 7.43. The smallest absolute Gasteiger partial charge is 0.417 e. The van der Waals surface area contributed by atoms with Crippen molar-refractivity contribution in [3.05, 3.63) is 58.7 Å². The van der Waals surface area contributed by atoms with E-state index in [0.29, 0.717) is 18.1 Å². The first-order chi connectivity index (χ1) is 13.4. The molecule has 2 atom stereocenters. The molecule has 0 aliphatic carbocycles. The molecule has 29 heavy (non-hydrogen) atoms. The maximum atomic E-state index is 13.6. The van der Waals surface area contributed by atoms with Gasteiger partial charge in [-0.1, -0.05) is 85.5 Å². The summed E-state index contributed by atoms with van der Waals surface area (Å²) in [6.07, 6.45) is -2.19. The van der Waals surface area contributed by atoms with Crippen molar-refractivity contribution in [2.24, 2.45) is 0 Å². The number of benzene rings is 2. The Balaban J connectivity index is 2.72. The Morgan fingerprint density at radius 1 is 0.931 bits per heavy atom. The van der Waals surface area contributed by atoms with Crippen molar-refractivity contribution in [1.82, 2.24) is 0 Å². The molecule has 0 fully saturated rings. The summed E-state index contributed by atoms with van der Waals surface area (Å²) in [7, 11) is -0.0850. The molecule has 0 amide bonds. The van der Waals surface area contributed by atoms with Gasteiger partial charge in [0.1, 0.15) is 5.75 Å². The Morgan fingerprint density at radius 3 is 2.03 bits per heavy atom. The lowest BCUT2D eigenvalue weighted by molar-refractivity contribution is -0.136. The lowest BCUT2D eigenvalue weighted by atomic mass is 9.80. The summed E-state index contributed by atoms with van der Waals surface area (Å²) in [5.41, 5.74) is 1.81. The second-order valence-electron chi connectivity index (χ2n) is 8.81. The minimum atomic E-state index is -4.39. The Morgan fingerprint density at radius 2 is 1.52 bits per heavy atom. The van der Waals surface area contributed by atoms with Crippen LogP contribution in [-0.2, 0) is 16.7 Å². The number of rotatable bonds is 6. The van der Waals surface area contributed by atoms with E-state index >= 15 is 0 Å². The number of aryl methyl sites for hydroxylation is 1. The van der Waals surface area contributed by atoms with E-state index in [9.17, 15) is 18.3 Å². The monoisotopic (exact) mass is 424 g/mol. The number of phenols is 1. The molecular formula is C24H32F3OP. The van der Waals surface area contributed by atoms with Crippen molar-refractivity contribution in [1.29, 1.82) is 0 Å².